The highest BCUT2D eigenvalue weighted by Gasteiger charge is 2.45. The molecule has 0 saturated carbocycles. The quantitative estimate of drug-likeness (QED) is 0.480. The minimum Gasteiger partial charge on any atom is -0.461 e. The monoisotopic (exact) mass is 392 g/mol. The van der Waals surface area contributed by atoms with E-state index in [1.165, 1.54) is 32.0 Å². The van der Waals surface area contributed by atoms with Crippen molar-refractivity contribution in [1.29, 1.82) is 0 Å². The summed E-state index contributed by atoms with van der Waals surface area (Å²) in [5.41, 5.74) is -0.327. The molecule has 1 aliphatic heterocycles. The first-order valence-electron chi connectivity index (χ1n) is 8.60. The Labute approximate surface area is 159 Å². The molecule has 0 amide bonds. The molecule has 9 heteroatoms. The lowest BCUT2D eigenvalue weighted by atomic mass is 9.83. The summed E-state index contributed by atoms with van der Waals surface area (Å²) in [6.07, 6.45) is -7.65. The van der Waals surface area contributed by atoms with Crippen molar-refractivity contribution in [3.05, 3.63) is 40.5 Å². The highest BCUT2D eigenvalue weighted by atomic mass is 16.7. The van der Waals surface area contributed by atoms with E-state index in [0.29, 0.717) is 0 Å². The predicted molar refractivity (Wildman–Crippen MR) is 92.9 cm³/mol. The zero-order valence-corrected chi connectivity index (χ0v) is 15.2. The third-order valence-electron chi connectivity index (χ3n) is 4.88. The van der Waals surface area contributed by atoms with E-state index in [2.05, 4.69) is 0 Å². The average Bonchev–Trinajstić information content (AvgIpc) is 2.66. The van der Waals surface area contributed by atoms with Crippen molar-refractivity contribution in [1.82, 2.24) is 0 Å². The number of carbonyl (C=O) groups excluding carboxylic acids is 3. The lowest BCUT2D eigenvalue weighted by molar-refractivity contribution is -0.277. The van der Waals surface area contributed by atoms with Gasteiger partial charge >= 0.3 is 0 Å². The maximum atomic E-state index is 12.9. The second kappa shape index (κ2) is 7.53. The van der Waals surface area contributed by atoms with Gasteiger partial charge in [-0.1, -0.05) is 12.1 Å². The Morgan fingerprint density at radius 3 is 2.39 bits per heavy atom. The van der Waals surface area contributed by atoms with Crippen LogP contribution in [0.4, 0.5) is 0 Å². The van der Waals surface area contributed by atoms with Gasteiger partial charge in [-0.3, -0.25) is 14.4 Å². The minimum atomic E-state index is -1.69. The number of Topliss-reactive ketones (excluding diaryl/α,β-unsaturated/α-hetero) is 3. The van der Waals surface area contributed by atoms with Crippen LogP contribution in [0.5, 0.6) is 5.75 Å². The van der Waals surface area contributed by atoms with Crippen LogP contribution in [0.2, 0.25) is 0 Å². The Bertz CT molecular complexity index is 870. The number of aliphatic hydroxyl groups excluding tert-OH is 4. The number of hydrogen-bond donors (Lipinski definition) is 4. The van der Waals surface area contributed by atoms with Crippen molar-refractivity contribution in [3.63, 3.8) is 0 Å². The molecule has 0 aromatic heterocycles. The third kappa shape index (κ3) is 3.17. The molecule has 1 aromatic carbocycles. The molecule has 0 radical (unpaired) electrons. The molecule has 150 valence electrons. The second-order valence-corrected chi connectivity index (χ2v) is 6.71. The predicted octanol–water partition coefficient (Wildman–Crippen LogP) is -0.850. The third-order valence-corrected chi connectivity index (χ3v) is 4.88. The molecule has 1 aromatic rings. The SMILES string of the molecule is CC(=O)C1=C(C)C(=O)c2cccc(O[C@@H]3O[C@H](CO)[C@@H](O)[C@H](O)[C@H]3O)c2C1=O. The molecule has 5 atom stereocenters. The van der Waals surface area contributed by atoms with Gasteiger partial charge in [0.2, 0.25) is 12.1 Å². The molecule has 1 saturated heterocycles. The standard InChI is InChI=1S/C19H20O9/c1-7-12(8(2)21)16(24)13-9(14(7)22)4-3-5-10(13)27-19-18(26)17(25)15(23)11(6-20)28-19/h3-5,11,15,17-20,23,25-26H,6H2,1-2H3/t11-,15-,17+,18-,19-/m1/s1. The van der Waals surface area contributed by atoms with E-state index in [1.807, 2.05) is 0 Å². The molecular formula is C19H20O9. The van der Waals surface area contributed by atoms with E-state index < -0.39 is 54.7 Å². The Balaban J connectivity index is 2.00. The highest BCUT2D eigenvalue weighted by molar-refractivity contribution is 6.36. The number of aliphatic hydroxyl groups is 4. The van der Waals surface area contributed by atoms with Gasteiger partial charge in [-0.15, -0.1) is 0 Å². The number of fused-ring (bicyclic) bond motifs is 1. The largest absolute Gasteiger partial charge is 0.461 e. The lowest BCUT2D eigenvalue weighted by Crippen LogP contribution is -2.60. The van der Waals surface area contributed by atoms with Crippen LogP contribution in [-0.4, -0.2) is 75.1 Å². The summed E-state index contributed by atoms with van der Waals surface area (Å²) in [7, 11) is 0. The first-order chi connectivity index (χ1) is 13.2. The molecule has 4 N–H and O–H groups in total. The fraction of sp³-hybridized carbons (Fsp3) is 0.421. The van der Waals surface area contributed by atoms with Gasteiger partial charge in [0.1, 0.15) is 30.2 Å². The van der Waals surface area contributed by atoms with E-state index >= 15 is 0 Å². The van der Waals surface area contributed by atoms with E-state index in [4.69, 9.17) is 9.47 Å². The van der Waals surface area contributed by atoms with Crippen molar-refractivity contribution in [2.45, 2.75) is 44.6 Å². The van der Waals surface area contributed by atoms with E-state index in [0.717, 1.165) is 0 Å². The van der Waals surface area contributed by atoms with Crippen LogP contribution in [0.25, 0.3) is 0 Å². The van der Waals surface area contributed by atoms with Gasteiger partial charge in [0.15, 0.2) is 11.6 Å². The van der Waals surface area contributed by atoms with Crippen LogP contribution in [-0.2, 0) is 9.53 Å². The molecule has 1 heterocycles. The van der Waals surface area contributed by atoms with Crippen LogP contribution >= 0.6 is 0 Å². The smallest absolute Gasteiger partial charge is 0.229 e. The molecule has 1 fully saturated rings. The number of allylic oxidation sites excluding steroid dienone is 2. The summed E-state index contributed by atoms with van der Waals surface area (Å²) in [6, 6.07) is 4.22. The van der Waals surface area contributed by atoms with Gasteiger partial charge in [0, 0.05) is 11.1 Å². The maximum absolute atomic E-state index is 12.9. The minimum absolute atomic E-state index is 0.0367. The van der Waals surface area contributed by atoms with Crippen LogP contribution in [0.3, 0.4) is 0 Å². The van der Waals surface area contributed by atoms with Gasteiger partial charge in [-0.2, -0.15) is 0 Å². The number of ketones is 3. The van der Waals surface area contributed by atoms with E-state index in [1.54, 1.807) is 0 Å². The normalized spacial score (nSPS) is 30.3. The van der Waals surface area contributed by atoms with Crippen LogP contribution < -0.4 is 4.74 Å². The fourth-order valence-electron chi connectivity index (χ4n) is 3.38. The van der Waals surface area contributed by atoms with Gasteiger partial charge in [-0.25, -0.2) is 0 Å². The van der Waals surface area contributed by atoms with Gasteiger partial charge < -0.3 is 29.9 Å². The molecule has 2 aliphatic rings. The summed E-state index contributed by atoms with van der Waals surface area (Å²) in [6.45, 7) is 1.92. The maximum Gasteiger partial charge on any atom is 0.229 e. The Morgan fingerprint density at radius 2 is 1.79 bits per heavy atom. The van der Waals surface area contributed by atoms with Crippen LogP contribution in [0.15, 0.2) is 29.3 Å². The van der Waals surface area contributed by atoms with Gasteiger partial charge in [-0.05, 0) is 19.9 Å². The second-order valence-electron chi connectivity index (χ2n) is 6.71. The summed E-state index contributed by atoms with van der Waals surface area (Å²) in [4.78, 5) is 37.3. The lowest BCUT2D eigenvalue weighted by Gasteiger charge is -2.39. The number of ether oxygens (including phenoxy) is 2. The molecule has 0 spiro atoms. The Hall–Kier alpha value is -2.43. The first-order valence-corrected chi connectivity index (χ1v) is 8.60. The molecule has 9 nitrogen and oxygen atoms in total. The highest BCUT2D eigenvalue weighted by Crippen LogP contribution is 2.34. The van der Waals surface area contributed by atoms with Crippen molar-refractivity contribution in [2.75, 3.05) is 6.61 Å². The van der Waals surface area contributed by atoms with Crippen molar-refractivity contribution >= 4 is 17.3 Å². The average molecular weight is 392 g/mol. The molecule has 28 heavy (non-hydrogen) atoms. The number of hydrogen-bond acceptors (Lipinski definition) is 9. The fourth-order valence-corrected chi connectivity index (χ4v) is 3.38. The summed E-state index contributed by atoms with van der Waals surface area (Å²) in [5.74, 6) is -1.89. The van der Waals surface area contributed by atoms with Gasteiger partial charge in [0.05, 0.1) is 17.7 Å². The summed E-state index contributed by atoms with van der Waals surface area (Å²) >= 11 is 0. The Morgan fingerprint density at radius 1 is 1.11 bits per heavy atom. The number of carbonyl (C=O) groups is 3. The molecule has 0 unspecified atom stereocenters. The Kier molecular flexibility index (Phi) is 5.46. The zero-order valence-electron chi connectivity index (χ0n) is 15.2. The van der Waals surface area contributed by atoms with Crippen molar-refractivity contribution < 1.29 is 44.3 Å². The molecule has 3 rings (SSSR count). The van der Waals surface area contributed by atoms with E-state index in [9.17, 15) is 34.8 Å². The van der Waals surface area contributed by atoms with Crippen molar-refractivity contribution in [3.8, 4) is 5.75 Å². The summed E-state index contributed by atoms with van der Waals surface area (Å²) in [5, 5.41) is 39.1. The molecular weight excluding hydrogens is 372 g/mol. The zero-order chi connectivity index (χ0) is 20.7. The molecule has 1 aliphatic carbocycles. The van der Waals surface area contributed by atoms with Crippen molar-refractivity contribution in [2.24, 2.45) is 0 Å². The number of rotatable bonds is 4. The number of benzene rings is 1. The topological polar surface area (TPSA) is 151 Å². The van der Waals surface area contributed by atoms with Crippen LogP contribution in [0.1, 0.15) is 34.6 Å². The first kappa shape index (κ1) is 20.3. The van der Waals surface area contributed by atoms with Gasteiger partial charge in [0.25, 0.3) is 0 Å². The van der Waals surface area contributed by atoms with Crippen LogP contribution in [0, 0.1) is 0 Å². The molecule has 0 bridgehead atoms. The van der Waals surface area contributed by atoms with E-state index in [-0.39, 0.29) is 28.0 Å². The summed E-state index contributed by atoms with van der Waals surface area (Å²) < 4.78 is 10.8.